The number of carbonyl (C=O) groups is 2. The Kier molecular flexibility index (Phi) is 5.38. The molecule has 130 valence electrons. The molecule has 2 saturated heterocycles. The van der Waals surface area contributed by atoms with E-state index in [9.17, 15) is 9.59 Å². The molecule has 0 atom stereocenters. The van der Waals surface area contributed by atoms with Gasteiger partial charge >= 0.3 is 0 Å². The first-order valence-electron chi connectivity index (χ1n) is 8.13. The van der Waals surface area contributed by atoms with Crippen molar-refractivity contribution >= 4 is 23.4 Å². The highest BCUT2D eigenvalue weighted by atomic mass is 35.5. The number of carbonyl (C=O) groups excluding carboxylic acids is 2. The molecule has 1 aromatic rings. The Morgan fingerprint density at radius 2 is 1.75 bits per heavy atom. The first-order chi connectivity index (χ1) is 11.6. The Morgan fingerprint density at radius 1 is 1.12 bits per heavy atom. The van der Waals surface area contributed by atoms with Crippen molar-refractivity contribution in [3.63, 3.8) is 0 Å². The van der Waals surface area contributed by atoms with Gasteiger partial charge in [-0.3, -0.25) is 9.59 Å². The van der Waals surface area contributed by atoms with Gasteiger partial charge in [0.2, 0.25) is 11.8 Å². The predicted octanol–water partition coefficient (Wildman–Crippen LogP) is 1.36. The number of rotatable bonds is 4. The molecule has 2 heterocycles. The van der Waals surface area contributed by atoms with E-state index in [2.05, 4.69) is 5.32 Å². The van der Waals surface area contributed by atoms with Crippen molar-refractivity contribution in [1.82, 2.24) is 10.2 Å². The van der Waals surface area contributed by atoms with Crippen molar-refractivity contribution in [2.24, 2.45) is 0 Å². The quantitative estimate of drug-likeness (QED) is 0.888. The van der Waals surface area contributed by atoms with E-state index >= 15 is 0 Å². The van der Waals surface area contributed by atoms with Gasteiger partial charge < -0.3 is 19.7 Å². The van der Waals surface area contributed by atoms with Crippen molar-refractivity contribution in [3.05, 3.63) is 34.9 Å². The fourth-order valence-corrected chi connectivity index (χ4v) is 3.14. The number of ether oxygens (including phenoxy) is 2. The molecule has 2 amide bonds. The van der Waals surface area contributed by atoms with Crippen molar-refractivity contribution in [3.8, 4) is 0 Å². The van der Waals surface area contributed by atoms with Gasteiger partial charge in [-0.1, -0.05) is 23.7 Å². The first kappa shape index (κ1) is 17.2. The van der Waals surface area contributed by atoms with Crippen LogP contribution in [-0.4, -0.2) is 55.3 Å². The van der Waals surface area contributed by atoms with Gasteiger partial charge in [0.1, 0.15) is 0 Å². The topological polar surface area (TPSA) is 67.9 Å². The fraction of sp³-hybridized carbons (Fsp3) is 0.529. The van der Waals surface area contributed by atoms with Crippen LogP contribution < -0.4 is 5.32 Å². The van der Waals surface area contributed by atoms with E-state index in [4.69, 9.17) is 21.1 Å². The predicted molar refractivity (Wildman–Crippen MR) is 88.6 cm³/mol. The van der Waals surface area contributed by atoms with Crippen LogP contribution in [0.2, 0.25) is 5.02 Å². The molecule has 2 fully saturated rings. The Balaban J connectivity index is 1.40. The largest absolute Gasteiger partial charge is 0.347 e. The zero-order valence-corrected chi connectivity index (χ0v) is 14.2. The van der Waals surface area contributed by atoms with Gasteiger partial charge in [0.05, 0.1) is 26.2 Å². The van der Waals surface area contributed by atoms with Crippen LogP contribution in [0.1, 0.15) is 18.4 Å². The molecule has 6 nitrogen and oxygen atoms in total. The second-order valence-corrected chi connectivity index (χ2v) is 6.50. The molecule has 3 rings (SSSR count). The van der Waals surface area contributed by atoms with E-state index in [0.29, 0.717) is 44.2 Å². The van der Waals surface area contributed by atoms with Crippen LogP contribution in [0.25, 0.3) is 0 Å². The molecule has 0 aliphatic carbocycles. The molecule has 0 aromatic heterocycles. The minimum atomic E-state index is -0.491. The maximum Gasteiger partial charge on any atom is 0.241 e. The Bertz CT molecular complexity index is 589. The van der Waals surface area contributed by atoms with Gasteiger partial charge in [-0.15, -0.1) is 0 Å². The summed E-state index contributed by atoms with van der Waals surface area (Å²) in [5, 5.41) is 3.31. The van der Waals surface area contributed by atoms with E-state index in [1.54, 1.807) is 29.2 Å². The van der Waals surface area contributed by atoms with Crippen LogP contribution in [0.15, 0.2) is 24.3 Å². The average Bonchev–Trinajstić information content (AvgIpc) is 3.03. The second kappa shape index (κ2) is 7.51. The minimum Gasteiger partial charge on any atom is -0.347 e. The number of hydrogen-bond donors (Lipinski definition) is 1. The van der Waals surface area contributed by atoms with Gasteiger partial charge in [-0.2, -0.15) is 0 Å². The van der Waals surface area contributed by atoms with E-state index in [0.717, 1.165) is 5.56 Å². The summed E-state index contributed by atoms with van der Waals surface area (Å²) >= 11 is 5.81. The molecule has 7 heteroatoms. The smallest absolute Gasteiger partial charge is 0.241 e. The molecule has 24 heavy (non-hydrogen) atoms. The molecule has 0 saturated carbocycles. The fourth-order valence-electron chi connectivity index (χ4n) is 3.02. The highest BCUT2D eigenvalue weighted by Gasteiger charge is 2.40. The lowest BCUT2D eigenvalue weighted by Gasteiger charge is -2.37. The zero-order chi connectivity index (χ0) is 17.0. The SMILES string of the molecule is O=C(Cc1ccc(Cl)cc1)NCC(=O)N1CCC2(CC1)OCCO2. The van der Waals surface area contributed by atoms with E-state index in [1.165, 1.54) is 0 Å². The van der Waals surface area contributed by atoms with Crippen LogP contribution in [-0.2, 0) is 25.5 Å². The lowest BCUT2D eigenvalue weighted by molar-refractivity contribution is -0.187. The lowest BCUT2D eigenvalue weighted by atomic mass is 10.0. The molecular weight excluding hydrogens is 332 g/mol. The molecule has 0 bridgehead atoms. The summed E-state index contributed by atoms with van der Waals surface area (Å²) in [4.78, 5) is 25.9. The standard InChI is InChI=1S/C17H21ClN2O4/c18-14-3-1-13(2-4-14)11-15(21)19-12-16(22)20-7-5-17(6-8-20)23-9-10-24-17/h1-4H,5-12H2,(H,19,21). The highest BCUT2D eigenvalue weighted by molar-refractivity contribution is 6.30. The number of halogens is 1. The van der Waals surface area contributed by atoms with E-state index in [1.807, 2.05) is 0 Å². The van der Waals surface area contributed by atoms with Gasteiger partial charge in [-0.05, 0) is 17.7 Å². The third-order valence-corrected chi connectivity index (χ3v) is 4.66. The number of hydrogen-bond acceptors (Lipinski definition) is 4. The van der Waals surface area contributed by atoms with Crippen LogP contribution >= 0.6 is 11.6 Å². The Hall–Kier alpha value is -1.63. The summed E-state index contributed by atoms with van der Waals surface area (Å²) in [7, 11) is 0. The summed E-state index contributed by atoms with van der Waals surface area (Å²) in [6, 6.07) is 7.09. The van der Waals surface area contributed by atoms with Gasteiger partial charge in [-0.25, -0.2) is 0 Å². The first-order valence-corrected chi connectivity index (χ1v) is 8.51. The molecular formula is C17H21ClN2O4. The van der Waals surface area contributed by atoms with Crippen molar-refractivity contribution in [1.29, 1.82) is 0 Å². The van der Waals surface area contributed by atoms with Crippen LogP contribution in [0, 0.1) is 0 Å². The van der Waals surface area contributed by atoms with Crippen molar-refractivity contribution < 1.29 is 19.1 Å². The van der Waals surface area contributed by atoms with Gasteiger partial charge in [0.15, 0.2) is 5.79 Å². The summed E-state index contributed by atoms with van der Waals surface area (Å²) in [6.07, 6.45) is 1.59. The summed E-state index contributed by atoms with van der Waals surface area (Å²) in [5.74, 6) is -0.747. The summed E-state index contributed by atoms with van der Waals surface area (Å²) in [5.41, 5.74) is 0.861. The minimum absolute atomic E-state index is 0.0150. The number of likely N-dealkylation sites (tertiary alicyclic amines) is 1. The number of piperidine rings is 1. The molecule has 2 aliphatic rings. The van der Waals surface area contributed by atoms with Gasteiger partial charge in [0, 0.05) is 31.0 Å². The Morgan fingerprint density at radius 3 is 2.38 bits per heavy atom. The molecule has 1 spiro atoms. The van der Waals surface area contributed by atoms with Gasteiger partial charge in [0.25, 0.3) is 0 Å². The molecule has 1 aromatic carbocycles. The van der Waals surface area contributed by atoms with Crippen LogP contribution in [0.4, 0.5) is 0 Å². The van der Waals surface area contributed by atoms with Crippen LogP contribution in [0.5, 0.6) is 0 Å². The van der Waals surface area contributed by atoms with Crippen molar-refractivity contribution in [2.75, 3.05) is 32.8 Å². The van der Waals surface area contributed by atoms with Crippen LogP contribution in [0.3, 0.4) is 0 Å². The molecule has 1 N–H and O–H groups in total. The Labute approximate surface area is 146 Å². The monoisotopic (exact) mass is 352 g/mol. The van der Waals surface area contributed by atoms with E-state index in [-0.39, 0.29) is 24.8 Å². The molecule has 0 unspecified atom stereocenters. The van der Waals surface area contributed by atoms with Crippen molar-refractivity contribution in [2.45, 2.75) is 25.0 Å². The summed E-state index contributed by atoms with van der Waals surface area (Å²) < 4.78 is 11.3. The number of nitrogens with zero attached hydrogens (tertiary/aromatic N) is 1. The zero-order valence-electron chi connectivity index (χ0n) is 13.4. The van der Waals surface area contributed by atoms with E-state index < -0.39 is 5.79 Å². The number of nitrogens with one attached hydrogen (secondary N) is 1. The molecule has 2 aliphatic heterocycles. The maximum absolute atomic E-state index is 12.2. The number of benzene rings is 1. The maximum atomic E-state index is 12.2. The average molecular weight is 353 g/mol. The highest BCUT2D eigenvalue weighted by Crippen LogP contribution is 2.31. The molecule has 0 radical (unpaired) electrons. The second-order valence-electron chi connectivity index (χ2n) is 6.07. The number of amides is 2. The summed E-state index contributed by atoms with van der Waals surface area (Å²) in [6.45, 7) is 2.43. The lowest BCUT2D eigenvalue weighted by Crippen LogP contribution is -2.49. The third-order valence-electron chi connectivity index (χ3n) is 4.41. The third kappa shape index (κ3) is 4.26. The normalized spacial score (nSPS) is 19.5.